The monoisotopic (exact) mass is 281 g/mol. The van der Waals surface area contributed by atoms with E-state index in [0.717, 1.165) is 6.54 Å². The van der Waals surface area contributed by atoms with Crippen LogP contribution in [0.4, 0.5) is 0 Å². The Morgan fingerprint density at radius 2 is 1.62 bits per heavy atom. The lowest BCUT2D eigenvalue weighted by molar-refractivity contribution is 0.0744. The predicted octanol–water partition coefficient (Wildman–Crippen LogP) is 3.90. The summed E-state index contributed by atoms with van der Waals surface area (Å²) in [6, 6.07) is 19.4. The highest BCUT2D eigenvalue weighted by Crippen LogP contribution is 2.40. The number of rotatable bonds is 3. The van der Waals surface area contributed by atoms with E-state index in [9.17, 15) is 5.11 Å². The fourth-order valence-corrected chi connectivity index (χ4v) is 3.57. The van der Waals surface area contributed by atoms with Gasteiger partial charge in [0.2, 0.25) is 0 Å². The van der Waals surface area contributed by atoms with Gasteiger partial charge in [-0.25, -0.2) is 0 Å². The van der Waals surface area contributed by atoms with E-state index >= 15 is 0 Å². The van der Waals surface area contributed by atoms with Crippen LogP contribution in [-0.4, -0.2) is 23.2 Å². The van der Waals surface area contributed by atoms with E-state index in [1.54, 1.807) is 0 Å². The molecule has 1 aliphatic heterocycles. The Kier molecular flexibility index (Phi) is 4.09. The van der Waals surface area contributed by atoms with Crippen molar-refractivity contribution in [2.75, 3.05) is 13.2 Å². The number of hydrogen-bond donors (Lipinski definition) is 1. The normalized spacial score (nSPS) is 23.6. The number of nitrogens with zero attached hydrogens (tertiary/aromatic N) is 1. The van der Waals surface area contributed by atoms with Crippen molar-refractivity contribution in [2.45, 2.75) is 31.8 Å². The van der Waals surface area contributed by atoms with Crippen molar-refractivity contribution < 1.29 is 5.11 Å². The smallest absolute Gasteiger partial charge is 0.0628 e. The molecule has 0 saturated carbocycles. The molecule has 3 rings (SSSR count). The summed E-state index contributed by atoms with van der Waals surface area (Å²) in [7, 11) is 0. The lowest BCUT2D eigenvalue weighted by Crippen LogP contribution is -2.40. The van der Waals surface area contributed by atoms with Gasteiger partial charge in [-0.15, -0.1) is 0 Å². The molecule has 0 spiro atoms. The lowest BCUT2D eigenvalue weighted by Gasteiger charge is -2.43. The minimum Gasteiger partial charge on any atom is -0.394 e. The van der Waals surface area contributed by atoms with Gasteiger partial charge in [0.25, 0.3) is 0 Å². The minimum atomic E-state index is 0.0667. The zero-order valence-electron chi connectivity index (χ0n) is 12.7. The van der Waals surface area contributed by atoms with Gasteiger partial charge in [0.15, 0.2) is 0 Å². The number of benzene rings is 2. The fraction of sp³-hybridized carbons (Fsp3) is 0.368. The first-order valence-electron chi connectivity index (χ1n) is 7.72. The van der Waals surface area contributed by atoms with Gasteiger partial charge in [0.05, 0.1) is 12.6 Å². The average Bonchev–Trinajstić information content (AvgIpc) is 2.54. The zero-order valence-corrected chi connectivity index (χ0v) is 12.7. The van der Waals surface area contributed by atoms with Crippen molar-refractivity contribution in [1.82, 2.24) is 4.90 Å². The van der Waals surface area contributed by atoms with Crippen LogP contribution in [0.5, 0.6) is 0 Å². The Bertz CT molecular complexity index is 596. The maximum absolute atomic E-state index is 9.94. The molecule has 0 aliphatic carbocycles. The SMILES string of the molecule is C[C@@H]1c2ccccc2[C@@H](C)CN1[C@@H](CO)c1ccccc1. The number of fused-ring (bicyclic) bond motifs is 1. The van der Waals surface area contributed by atoms with Crippen LogP contribution in [0.2, 0.25) is 0 Å². The van der Waals surface area contributed by atoms with Gasteiger partial charge in [0, 0.05) is 12.6 Å². The van der Waals surface area contributed by atoms with Gasteiger partial charge in [-0.2, -0.15) is 0 Å². The van der Waals surface area contributed by atoms with E-state index < -0.39 is 0 Å². The third-order valence-electron chi connectivity index (χ3n) is 4.72. The molecule has 0 saturated heterocycles. The van der Waals surface area contributed by atoms with Crippen molar-refractivity contribution in [3.8, 4) is 0 Å². The summed E-state index contributed by atoms with van der Waals surface area (Å²) in [6.07, 6.45) is 0. The second-order valence-corrected chi connectivity index (χ2v) is 6.01. The van der Waals surface area contributed by atoms with Crippen LogP contribution in [0, 0.1) is 0 Å². The molecule has 0 aromatic heterocycles. The molecule has 2 heteroatoms. The minimum absolute atomic E-state index is 0.0667. The van der Waals surface area contributed by atoms with Crippen LogP contribution >= 0.6 is 0 Å². The molecule has 1 N–H and O–H groups in total. The van der Waals surface area contributed by atoms with Crippen LogP contribution in [0.25, 0.3) is 0 Å². The van der Waals surface area contributed by atoms with Crippen molar-refractivity contribution in [3.63, 3.8) is 0 Å². The van der Waals surface area contributed by atoms with Crippen LogP contribution in [-0.2, 0) is 0 Å². The van der Waals surface area contributed by atoms with Gasteiger partial charge in [-0.1, -0.05) is 61.5 Å². The summed E-state index contributed by atoms with van der Waals surface area (Å²) < 4.78 is 0. The Morgan fingerprint density at radius 1 is 1.00 bits per heavy atom. The second kappa shape index (κ2) is 6.00. The molecular formula is C19H23NO. The topological polar surface area (TPSA) is 23.5 Å². The molecule has 21 heavy (non-hydrogen) atoms. The summed E-state index contributed by atoms with van der Waals surface area (Å²) in [5.41, 5.74) is 4.04. The largest absolute Gasteiger partial charge is 0.394 e. The molecule has 0 fully saturated rings. The molecule has 0 radical (unpaired) electrons. The number of hydrogen-bond acceptors (Lipinski definition) is 2. The van der Waals surface area contributed by atoms with E-state index in [4.69, 9.17) is 0 Å². The number of aliphatic hydroxyl groups excluding tert-OH is 1. The summed E-state index contributed by atoms with van der Waals surface area (Å²) in [5, 5.41) is 9.94. The van der Waals surface area contributed by atoms with Crippen molar-refractivity contribution in [3.05, 3.63) is 71.3 Å². The number of aliphatic hydroxyl groups is 1. The molecule has 2 nitrogen and oxygen atoms in total. The lowest BCUT2D eigenvalue weighted by atomic mass is 9.85. The Balaban J connectivity index is 1.96. The summed E-state index contributed by atoms with van der Waals surface area (Å²) in [6.45, 7) is 5.66. The van der Waals surface area contributed by atoms with Crippen molar-refractivity contribution in [1.29, 1.82) is 0 Å². The first-order valence-corrected chi connectivity index (χ1v) is 7.72. The molecule has 1 aliphatic rings. The molecule has 0 unspecified atom stereocenters. The van der Waals surface area contributed by atoms with Gasteiger partial charge in [-0.3, -0.25) is 4.90 Å². The quantitative estimate of drug-likeness (QED) is 0.922. The molecule has 3 atom stereocenters. The van der Waals surface area contributed by atoms with Gasteiger partial charge >= 0.3 is 0 Å². The highest BCUT2D eigenvalue weighted by molar-refractivity contribution is 5.36. The Morgan fingerprint density at radius 3 is 2.29 bits per heavy atom. The van der Waals surface area contributed by atoms with Crippen molar-refractivity contribution >= 4 is 0 Å². The second-order valence-electron chi connectivity index (χ2n) is 6.01. The van der Waals surface area contributed by atoms with Crippen molar-refractivity contribution in [2.24, 2.45) is 0 Å². The van der Waals surface area contributed by atoms with E-state index in [1.165, 1.54) is 16.7 Å². The Labute approximate surface area is 127 Å². The van der Waals surface area contributed by atoms with E-state index in [1.807, 2.05) is 18.2 Å². The van der Waals surface area contributed by atoms with E-state index in [-0.39, 0.29) is 12.6 Å². The van der Waals surface area contributed by atoms with Gasteiger partial charge in [-0.05, 0) is 29.5 Å². The van der Waals surface area contributed by atoms with E-state index in [0.29, 0.717) is 12.0 Å². The zero-order chi connectivity index (χ0) is 14.8. The standard InChI is InChI=1S/C19H23NO/c1-14-12-20(15(2)18-11-7-6-10-17(14)18)19(13-21)16-8-4-3-5-9-16/h3-11,14-15,19,21H,12-13H2,1-2H3/t14-,15+,19-/m0/s1. The third-order valence-corrected chi connectivity index (χ3v) is 4.72. The average molecular weight is 281 g/mol. The maximum atomic E-state index is 9.94. The van der Waals surface area contributed by atoms with Crippen LogP contribution < -0.4 is 0 Å². The van der Waals surface area contributed by atoms with Crippen LogP contribution in [0.3, 0.4) is 0 Å². The van der Waals surface area contributed by atoms with E-state index in [2.05, 4.69) is 55.1 Å². The first kappa shape index (κ1) is 14.3. The summed E-state index contributed by atoms with van der Waals surface area (Å²) >= 11 is 0. The van der Waals surface area contributed by atoms with Crippen LogP contribution in [0.15, 0.2) is 54.6 Å². The highest BCUT2D eigenvalue weighted by Gasteiger charge is 2.32. The van der Waals surface area contributed by atoms with Gasteiger partial charge in [0.1, 0.15) is 0 Å². The fourth-order valence-electron chi connectivity index (χ4n) is 3.57. The molecule has 1 heterocycles. The molecule has 0 amide bonds. The molecular weight excluding hydrogens is 258 g/mol. The predicted molar refractivity (Wildman–Crippen MR) is 86.2 cm³/mol. The molecule has 110 valence electrons. The van der Waals surface area contributed by atoms with Crippen LogP contribution in [0.1, 0.15) is 48.5 Å². The molecule has 0 bridgehead atoms. The molecule has 2 aromatic rings. The Hall–Kier alpha value is -1.64. The highest BCUT2D eigenvalue weighted by atomic mass is 16.3. The maximum Gasteiger partial charge on any atom is 0.0628 e. The summed E-state index contributed by atoms with van der Waals surface area (Å²) in [4.78, 5) is 2.43. The first-order chi connectivity index (χ1) is 10.2. The third kappa shape index (κ3) is 2.61. The van der Waals surface area contributed by atoms with Gasteiger partial charge < -0.3 is 5.11 Å². The summed E-state index contributed by atoms with van der Waals surface area (Å²) in [5.74, 6) is 0.496. The molecule has 2 aromatic carbocycles.